The average Bonchev–Trinajstić information content (AvgIpc) is 2.93. The number of anilines is 3. The van der Waals surface area contributed by atoms with Crippen LogP contribution in [0.3, 0.4) is 0 Å². The van der Waals surface area contributed by atoms with Gasteiger partial charge in [0.25, 0.3) is 0 Å². The van der Waals surface area contributed by atoms with E-state index in [0.717, 1.165) is 5.69 Å². The van der Waals surface area contributed by atoms with Crippen molar-refractivity contribution >= 4 is 27.2 Å². The van der Waals surface area contributed by atoms with Crippen LogP contribution in [0.15, 0.2) is 30.6 Å². The Hall–Kier alpha value is -2.15. The van der Waals surface area contributed by atoms with Crippen molar-refractivity contribution in [2.45, 2.75) is 52.0 Å². The van der Waals surface area contributed by atoms with Gasteiger partial charge in [-0.2, -0.15) is 0 Å². The summed E-state index contributed by atoms with van der Waals surface area (Å²) in [5, 5.41) is 6.70. The summed E-state index contributed by atoms with van der Waals surface area (Å²) in [5.41, 5.74) is 3.59. The van der Waals surface area contributed by atoms with Gasteiger partial charge in [-0.25, -0.2) is 18.4 Å². The third-order valence-electron chi connectivity index (χ3n) is 4.88. The first kappa shape index (κ1) is 19.6. The molecule has 1 aliphatic rings. The maximum Gasteiger partial charge on any atom is 0.152 e. The van der Waals surface area contributed by atoms with E-state index in [2.05, 4.69) is 66.5 Å². The summed E-state index contributed by atoms with van der Waals surface area (Å²) in [6, 6.07) is 8.13. The van der Waals surface area contributed by atoms with E-state index < -0.39 is 9.84 Å². The highest BCUT2D eigenvalue weighted by atomic mass is 32.2. The first-order valence-corrected chi connectivity index (χ1v) is 11.3. The van der Waals surface area contributed by atoms with Crippen LogP contribution in [-0.2, 0) is 9.84 Å². The van der Waals surface area contributed by atoms with E-state index in [1.165, 1.54) is 17.5 Å². The lowest BCUT2D eigenvalue weighted by molar-refractivity contribution is 0.602. The molecule has 6 nitrogen and oxygen atoms in total. The van der Waals surface area contributed by atoms with Crippen molar-refractivity contribution in [1.29, 1.82) is 0 Å². The van der Waals surface area contributed by atoms with Crippen LogP contribution in [0.25, 0.3) is 0 Å². The number of nitrogens with zero attached hydrogens (tertiary/aromatic N) is 2. The van der Waals surface area contributed by atoms with Crippen molar-refractivity contribution in [2.24, 2.45) is 0 Å². The molecule has 3 rings (SSSR count). The second-order valence-corrected chi connectivity index (χ2v) is 10.0. The van der Waals surface area contributed by atoms with Crippen LogP contribution in [0.2, 0.25) is 0 Å². The Kier molecular flexibility index (Phi) is 5.69. The summed E-state index contributed by atoms with van der Waals surface area (Å²) >= 11 is 0. The SMILES string of the molecule is CC(C)c1cccc(C(C)C)c1Nc1cc(NC2CCS(=O)(=O)C2)ncn1. The molecule has 1 saturated heterocycles. The topological polar surface area (TPSA) is 84.0 Å². The van der Waals surface area contributed by atoms with Gasteiger partial charge in [0.15, 0.2) is 9.84 Å². The predicted octanol–water partition coefficient (Wildman–Crippen LogP) is 4.07. The maximum atomic E-state index is 11.7. The molecule has 0 bridgehead atoms. The molecule has 2 heterocycles. The molecular formula is C20H28N4O2S. The Labute approximate surface area is 161 Å². The Morgan fingerprint density at radius 1 is 1.04 bits per heavy atom. The van der Waals surface area contributed by atoms with Gasteiger partial charge in [0.1, 0.15) is 18.0 Å². The zero-order valence-electron chi connectivity index (χ0n) is 16.4. The quantitative estimate of drug-likeness (QED) is 0.776. The largest absolute Gasteiger partial charge is 0.366 e. The van der Waals surface area contributed by atoms with Gasteiger partial charge in [-0.05, 0) is 29.4 Å². The molecule has 1 aliphatic heterocycles. The zero-order chi connectivity index (χ0) is 19.6. The molecule has 0 amide bonds. The minimum absolute atomic E-state index is 0.0908. The first-order valence-electron chi connectivity index (χ1n) is 9.44. The lowest BCUT2D eigenvalue weighted by Crippen LogP contribution is -2.21. The van der Waals surface area contributed by atoms with Crippen molar-refractivity contribution < 1.29 is 8.42 Å². The minimum Gasteiger partial charge on any atom is -0.366 e. The highest BCUT2D eigenvalue weighted by molar-refractivity contribution is 7.91. The standard InChI is InChI=1S/C20H28N4O2S/c1-13(2)16-6-5-7-17(14(3)4)20(16)24-19-10-18(21-12-22-19)23-15-8-9-27(25,26)11-15/h5-7,10,12-15H,8-9,11H2,1-4H3,(H2,21,22,23,24). The van der Waals surface area contributed by atoms with E-state index in [4.69, 9.17) is 0 Å². The number of benzene rings is 1. The molecular weight excluding hydrogens is 360 g/mol. The fourth-order valence-corrected chi connectivity index (χ4v) is 5.12. The van der Waals surface area contributed by atoms with Gasteiger partial charge in [-0.15, -0.1) is 0 Å². The van der Waals surface area contributed by atoms with Crippen molar-refractivity contribution in [3.63, 3.8) is 0 Å². The molecule has 0 radical (unpaired) electrons. The van der Waals surface area contributed by atoms with Gasteiger partial charge in [0.05, 0.1) is 11.5 Å². The summed E-state index contributed by atoms with van der Waals surface area (Å²) < 4.78 is 23.3. The lowest BCUT2D eigenvalue weighted by atomic mass is 9.92. The van der Waals surface area contributed by atoms with Crippen LogP contribution in [0.1, 0.15) is 57.1 Å². The minimum atomic E-state index is -2.93. The Balaban J connectivity index is 1.85. The van der Waals surface area contributed by atoms with E-state index in [9.17, 15) is 8.42 Å². The van der Waals surface area contributed by atoms with E-state index in [-0.39, 0.29) is 17.5 Å². The van der Waals surface area contributed by atoms with Crippen molar-refractivity contribution in [3.05, 3.63) is 41.7 Å². The number of hydrogen-bond acceptors (Lipinski definition) is 6. The second kappa shape index (κ2) is 7.84. The monoisotopic (exact) mass is 388 g/mol. The van der Waals surface area contributed by atoms with Crippen LogP contribution in [0.4, 0.5) is 17.3 Å². The van der Waals surface area contributed by atoms with Gasteiger partial charge >= 0.3 is 0 Å². The highest BCUT2D eigenvalue weighted by Gasteiger charge is 2.28. The normalized spacial score (nSPS) is 18.8. The first-order chi connectivity index (χ1) is 12.7. The van der Waals surface area contributed by atoms with Gasteiger partial charge in [-0.1, -0.05) is 45.9 Å². The summed E-state index contributed by atoms with van der Waals surface area (Å²) in [6.07, 6.45) is 2.12. The van der Waals surface area contributed by atoms with E-state index in [1.54, 1.807) is 0 Å². The number of hydrogen-bond donors (Lipinski definition) is 2. The van der Waals surface area contributed by atoms with Crippen LogP contribution in [0, 0.1) is 0 Å². The Bertz CT molecular complexity index is 884. The maximum absolute atomic E-state index is 11.7. The summed E-state index contributed by atoms with van der Waals surface area (Å²) in [5.74, 6) is 2.50. The molecule has 146 valence electrons. The molecule has 2 aromatic rings. The Morgan fingerprint density at radius 2 is 1.67 bits per heavy atom. The molecule has 1 aromatic heterocycles. The average molecular weight is 389 g/mol. The van der Waals surface area contributed by atoms with Gasteiger partial charge in [0, 0.05) is 17.8 Å². The van der Waals surface area contributed by atoms with Crippen LogP contribution in [-0.4, -0.2) is 35.9 Å². The molecule has 0 aliphatic carbocycles. The Morgan fingerprint density at radius 3 is 2.22 bits per heavy atom. The van der Waals surface area contributed by atoms with Crippen LogP contribution in [0.5, 0.6) is 0 Å². The van der Waals surface area contributed by atoms with Crippen LogP contribution < -0.4 is 10.6 Å². The van der Waals surface area contributed by atoms with Crippen LogP contribution >= 0.6 is 0 Å². The summed E-state index contributed by atoms with van der Waals surface area (Å²) in [7, 11) is -2.93. The fourth-order valence-electron chi connectivity index (χ4n) is 3.45. The molecule has 0 saturated carbocycles. The second-order valence-electron chi connectivity index (χ2n) is 7.78. The molecule has 1 fully saturated rings. The highest BCUT2D eigenvalue weighted by Crippen LogP contribution is 2.34. The number of nitrogens with one attached hydrogen (secondary N) is 2. The molecule has 1 aromatic carbocycles. The third-order valence-corrected chi connectivity index (χ3v) is 6.65. The smallest absolute Gasteiger partial charge is 0.152 e. The molecule has 7 heteroatoms. The van der Waals surface area contributed by atoms with Gasteiger partial charge in [-0.3, -0.25) is 0 Å². The van der Waals surface area contributed by atoms with Crippen molar-refractivity contribution in [1.82, 2.24) is 9.97 Å². The van der Waals surface area contributed by atoms with Crippen molar-refractivity contribution in [3.8, 4) is 0 Å². The van der Waals surface area contributed by atoms with E-state index >= 15 is 0 Å². The number of para-hydroxylation sites is 1. The van der Waals surface area contributed by atoms with Crippen molar-refractivity contribution in [2.75, 3.05) is 22.1 Å². The van der Waals surface area contributed by atoms with E-state index in [1.807, 2.05) is 6.07 Å². The molecule has 1 unspecified atom stereocenters. The zero-order valence-corrected chi connectivity index (χ0v) is 17.2. The number of aromatic nitrogens is 2. The molecule has 27 heavy (non-hydrogen) atoms. The molecule has 0 spiro atoms. The molecule has 2 N–H and O–H groups in total. The lowest BCUT2D eigenvalue weighted by Gasteiger charge is -2.21. The third kappa shape index (κ3) is 4.77. The summed E-state index contributed by atoms with van der Waals surface area (Å²) in [4.78, 5) is 8.61. The number of rotatable bonds is 6. The van der Waals surface area contributed by atoms with E-state index in [0.29, 0.717) is 29.9 Å². The van der Waals surface area contributed by atoms with Gasteiger partial charge in [0.2, 0.25) is 0 Å². The predicted molar refractivity (Wildman–Crippen MR) is 111 cm³/mol. The molecule has 1 atom stereocenters. The number of sulfone groups is 1. The van der Waals surface area contributed by atoms with Gasteiger partial charge < -0.3 is 10.6 Å². The summed E-state index contributed by atoms with van der Waals surface area (Å²) in [6.45, 7) is 8.71. The fraction of sp³-hybridized carbons (Fsp3) is 0.500.